The fourth-order valence-corrected chi connectivity index (χ4v) is 5.54. The molecule has 0 bridgehead atoms. The first kappa shape index (κ1) is 28.4. The molecule has 0 saturated carbocycles. The molecule has 2 aliphatic rings. The summed E-state index contributed by atoms with van der Waals surface area (Å²) in [5, 5.41) is 1.83. The normalized spacial score (nSPS) is 19.6. The van der Waals surface area contributed by atoms with Crippen LogP contribution in [0.2, 0.25) is 5.02 Å². The van der Waals surface area contributed by atoms with Crippen molar-refractivity contribution in [3.05, 3.63) is 111 Å². The van der Waals surface area contributed by atoms with E-state index in [1.165, 1.54) is 36.4 Å². The van der Waals surface area contributed by atoms with Crippen LogP contribution in [0.25, 0.3) is 0 Å². The summed E-state index contributed by atoms with van der Waals surface area (Å²) < 4.78 is 6.21. The van der Waals surface area contributed by atoms with E-state index in [4.69, 9.17) is 16.3 Å². The lowest BCUT2D eigenvalue weighted by atomic mass is 9.78. The summed E-state index contributed by atoms with van der Waals surface area (Å²) in [4.78, 5) is 66.5. The van der Waals surface area contributed by atoms with E-state index >= 15 is 0 Å². The fraction of sp³-hybridized carbons (Fsp3) is 0.194. The standard InChI is InChI=1S/C31H24BrClN2O6/c1-18-5-4-7-24-27(18)30(39)35(29(24)38)34(28(37)23-6-2-3-8-25(23)33)17-26(36)19-11-15-22(16-12-19)41-31(40)20-9-13-21(32)14-10-20/h2-6,8-16,18,24,27H,7,17H2,1H3/t18-,24+,27-/m1/s1. The van der Waals surface area contributed by atoms with Crippen molar-refractivity contribution in [2.75, 3.05) is 6.54 Å². The van der Waals surface area contributed by atoms with Crippen LogP contribution in [0.5, 0.6) is 5.75 Å². The van der Waals surface area contributed by atoms with Crippen molar-refractivity contribution in [1.82, 2.24) is 10.0 Å². The molecule has 1 fully saturated rings. The summed E-state index contributed by atoms with van der Waals surface area (Å²) in [5.41, 5.74) is 0.600. The van der Waals surface area contributed by atoms with Gasteiger partial charge < -0.3 is 4.74 Å². The number of fused-ring (bicyclic) bond motifs is 1. The molecule has 5 rings (SSSR count). The minimum absolute atomic E-state index is 0.0545. The maximum Gasteiger partial charge on any atom is 0.343 e. The molecule has 0 N–H and O–H groups in total. The van der Waals surface area contributed by atoms with Gasteiger partial charge in [-0.1, -0.05) is 58.7 Å². The minimum Gasteiger partial charge on any atom is -0.423 e. The van der Waals surface area contributed by atoms with E-state index in [-0.39, 0.29) is 27.8 Å². The molecule has 10 heteroatoms. The number of benzene rings is 3. The Morgan fingerprint density at radius 3 is 2.27 bits per heavy atom. The number of esters is 1. The van der Waals surface area contributed by atoms with Gasteiger partial charge in [0.1, 0.15) is 12.3 Å². The number of Topliss-reactive ketones (excluding diaryl/α,β-unsaturated/α-hetero) is 1. The molecule has 1 aliphatic heterocycles. The monoisotopic (exact) mass is 634 g/mol. The predicted octanol–water partition coefficient (Wildman–Crippen LogP) is 5.76. The number of nitrogens with zero attached hydrogens (tertiary/aromatic N) is 2. The van der Waals surface area contributed by atoms with Crippen LogP contribution in [0.4, 0.5) is 0 Å². The maximum atomic E-state index is 13.7. The SMILES string of the molecule is C[C@@H]1C=CC[C@@H]2C(=O)N(N(CC(=O)c3ccc(OC(=O)c4ccc(Br)cc4)cc3)C(=O)c3ccccc3Cl)C(=O)[C@H]12. The lowest BCUT2D eigenvalue weighted by Gasteiger charge is -2.30. The quantitative estimate of drug-likeness (QED) is 0.108. The molecular formula is C31H24BrClN2O6. The Balaban J connectivity index is 1.39. The third kappa shape index (κ3) is 5.73. The van der Waals surface area contributed by atoms with Gasteiger partial charge in [-0.05, 0) is 73.0 Å². The molecule has 208 valence electrons. The first-order valence-electron chi connectivity index (χ1n) is 12.9. The highest BCUT2D eigenvalue weighted by Gasteiger charge is 2.53. The van der Waals surface area contributed by atoms with E-state index in [2.05, 4.69) is 15.9 Å². The van der Waals surface area contributed by atoms with E-state index in [9.17, 15) is 24.0 Å². The van der Waals surface area contributed by atoms with Gasteiger partial charge in [0.25, 0.3) is 17.7 Å². The molecule has 3 amide bonds. The molecule has 0 spiro atoms. The number of rotatable bonds is 7. The number of amides is 3. The van der Waals surface area contributed by atoms with E-state index in [0.29, 0.717) is 12.0 Å². The summed E-state index contributed by atoms with van der Waals surface area (Å²) in [6, 6.07) is 18.7. The van der Waals surface area contributed by atoms with Gasteiger partial charge in [-0.2, -0.15) is 5.01 Å². The van der Waals surface area contributed by atoms with Gasteiger partial charge in [0.05, 0.1) is 28.0 Å². The number of carbonyl (C=O) groups excluding carboxylic acids is 5. The summed E-state index contributed by atoms with van der Waals surface area (Å²) in [6.07, 6.45) is 4.11. The van der Waals surface area contributed by atoms with E-state index in [0.717, 1.165) is 14.5 Å². The van der Waals surface area contributed by atoms with Crippen LogP contribution in [-0.4, -0.2) is 46.0 Å². The van der Waals surface area contributed by atoms with Gasteiger partial charge in [0.15, 0.2) is 5.78 Å². The highest BCUT2D eigenvalue weighted by Crippen LogP contribution is 2.39. The van der Waals surface area contributed by atoms with Crippen molar-refractivity contribution in [3.8, 4) is 5.75 Å². The molecule has 3 aromatic carbocycles. The Hall–Kier alpha value is -4.08. The largest absolute Gasteiger partial charge is 0.423 e. The molecule has 3 aromatic rings. The Kier molecular flexibility index (Phi) is 8.19. The zero-order chi connectivity index (χ0) is 29.3. The topological polar surface area (TPSA) is 101 Å². The van der Waals surface area contributed by atoms with Crippen molar-refractivity contribution in [3.63, 3.8) is 0 Å². The molecule has 1 saturated heterocycles. The zero-order valence-electron chi connectivity index (χ0n) is 21.8. The summed E-state index contributed by atoms with van der Waals surface area (Å²) >= 11 is 9.59. The van der Waals surface area contributed by atoms with Gasteiger partial charge in [0, 0.05) is 10.0 Å². The van der Waals surface area contributed by atoms with Gasteiger partial charge in [-0.15, -0.1) is 0 Å². The number of hydrazine groups is 1. The Labute approximate surface area is 249 Å². The van der Waals surface area contributed by atoms with Crippen molar-refractivity contribution in [2.24, 2.45) is 17.8 Å². The second-order valence-corrected chi connectivity index (χ2v) is 11.2. The highest BCUT2D eigenvalue weighted by atomic mass is 79.9. The van der Waals surface area contributed by atoms with Crippen molar-refractivity contribution in [2.45, 2.75) is 13.3 Å². The number of ketones is 1. The van der Waals surface area contributed by atoms with Crippen LogP contribution in [0.3, 0.4) is 0 Å². The number of ether oxygens (including phenoxy) is 1. The molecule has 0 aromatic heterocycles. The second-order valence-electron chi connectivity index (χ2n) is 9.83. The number of imide groups is 1. The molecule has 41 heavy (non-hydrogen) atoms. The van der Waals surface area contributed by atoms with Gasteiger partial charge in [-0.3, -0.25) is 19.2 Å². The molecule has 8 nitrogen and oxygen atoms in total. The molecule has 0 unspecified atom stereocenters. The lowest BCUT2D eigenvalue weighted by molar-refractivity contribution is -0.154. The molecule has 1 aliphatic carbocycles. The van der Waals surface area contributed by atoms with Crippen LogP contribution in [0, 0.1) is 17.8 Å². The first-order valence-corrected chi connectivity index (χ1v) is 14.0. The van der Waals surface area contributed by atoms with E-state index in [1.54, 1.807) is 36.4 Å². The molecule has 1 heterocycles. The Morgan fingerprint density at radius 2 is 1.61 bits per heavy atom. The van der Waals surface area contributed by atoms with Crippen LogP contribution >= 0.6 is 27.5 Å². The van der Waals surface area contributed by atoms with Crippen molar-refractivity contribution < 1.29 is 28.7 Å². The summed E-state index contributed by atoms with van der Waals surface area (Å²) in [6.45, 7) is 1.26. The molecule has 3 atom stereocenters. The van der Waals surface area contributed by atoms with Gasteiger partial charge in [0.2, 0.25) is 0 Å². The molecular weight excluding hydrogens is 612 g/mol. The van der Waals surface area contributed by atoms with E-state index < -0.39 is 47.9 Å². The number of halogens is 2. The minimum atomic E-state index is -0.745. The average Bonchev–Trinajstić information content (AvgIpc) is 3.22. The Morgan fingerprint density at radius 1 is 0.951 bits per heavy atom. The van der Waals surface area contributed by atoms with Crippen molar-refractivity contribution >= 4 is 57.0 Å². The number of hydrogen-bond acceptors (Lipinski definition) is 6. The van der Waals surface area contributed by atoms with E-state index in [1.807, 2.05) is 19.1 Å². The number of hydrogen-bond donors (Lipinski definition) is 0. The predicted molar refractivity (Wildman–Crippen MR) is 154 cm³/mol. The smallest absolute Gasteiger partial charge is 0.343 e. The molecule has 0 radical (unpaired) electrons. The first-order chi connectivity index (χ1) is 19.7. The average molecular weight is 636 g/mol. The third-order valence-corrected chi connectivity index (χ3v) is 8.05. The fourth-order valence-electron chi connectivity index (χ4n) is 5.06. The van der Waals surface area contributed by atoms with Gasteiger partial charge >= 0.3 is 5.97 Å². The third-order valence-electron chi connectivity index (χ3n) is 7.19. The number of allylic oxidation sites excluding steroid dienone is 2. The second kappa shape index (κ2) is 11.8. The maximum absolute atomic E-state index is 13.7. The van der Waals surface area contributed by atoms with Crippen molar-refractivity contribution in [1.29, 1.82) is 0 Å². The summed E-state index contributed by atoms with van der Waals surface area (Å²) in [7, 11) is 0. The highest BCUT2D eigenvalue weighted by molar-refractivity contribution is 9.10. The lowest BCUT2D eigenvalue weighted by Crippen LogP contribution is -2.52. The zero-order valence-corrected chi connectivity index (χ0v) is 24.2. The van der Waals surface area contributed by atoms with Crippen LogP contribution in [0.15, 0.2) is 89.4 Å². The summed E-state index contributed by atoms with van der Waals surface area (Å²) in [5.74, 6) is -4.11. The van der Waals surface area contributed by atoms with Crippen LogP contribution < -0.4 is 4.74 Å². The van der Waals surface area contributed by atoms with Crippen LogP contribution in [-0.2, 0) is 9.59 Å². The number of carbonyl (C=O) groups is 5. The Bertz CT molecular complexity index is 1570. The van der Waals surface area contributed by atoms with Crippen LogP contribution in [0.1, 0.15) is 44.4 Å². The van der Waals surface area contributed by atoms with Gasteiger partial charge in [-0.25, -0.2) is 9.80 Å².